The summed E-state index contributed by atoms with van der Waals surface area (Å²) >= 11 is 6.29. The Labute approximate surface area is 134 Å². The summed E-state index contributed by atoms with van der Waals surface area (Å²) in [5.41, 5.74) is 1.10. The number of benzene rings is 1. The highest BCUT2D eigenvalue weighted by Crippen LogP contribution is 2.50. The van der Waals surface area contributed by atoms with Gasteiger partial charge in [0.1, 0.15) is 0 Å². The summed E-state index contributed by atoms with van der Waals surface area (Å²) in [6.07, 6.45) is 1.95. The molecule has 0 saturated carbocycles. The van der Waals surface area contributed by atoms with Crippen LogP contribution < -0.4 is 14.8 Å². The summed E-state index contributed by atoms with van der Waals surface area (Å²) in [6.45, 7) is 5.66. The van der Waals surface area contributed by atoms with Crippen molar-refractivity contribution in [2.24, 2.45) is 5.92 Å². The number of methoxy groups -OCH3 is 1. The van der Waals surface area contributed by atoms with Crippen molar-refractivity contribution in [2.75, 3.05) is 20.2 Å². The van der Waals surface area contributed by atoms with Crippen LogP contribution in [0.15, 0.2) is 6.07 Å². The first kappa shape index (κ1) is 15.4. The van der Waals surface area contributed by atoms with Crippen molar-refractivity contribution in [2.45, 2.75) is 32.5 Å². The van der Waals surface area contributed by atoms with E-state index in [2.05, 4.69) is 5.32 Å². The number of halogens is 1. The predicted octanol–water partition coefficient (Wildman–Crippen LogP) is 2.92. The Balaban J connectivity index is 1.97. The number of carbonyl (C=O) groups is 1. The molecule has 2 aliphatic heterocycles. The minimum absolute atomic E-state index is 0.276. The summed E-state index contributed by atoms with van der Waals surface area (Å²) in [6, 6.07) is 1.58. The van der Waals surface area contributed by atoms with Crippen LogP contribution in [-0.2, 0) is 4.74 Å². The summed E-state index contributed by atoms with van der Waals surface area (Å²) in [5.74, 6) is 0.175. The molecule has 1 aromatic rings. The van der Waals surface area contributed by atoms with Crippen LogP contribution in [0, 0.1) is 12.8 Å². The number of carbonyl (C=O) groups excluding carboxylic acids is 1. The van der Waals surface area contributed by atoms with E-state index in [0.29, 0.717) is 27.6 Å². The van der Waals surface area contributed by atoms with E-state index in [1.165, 1.54) is 7.11 Å². The van der Waals surface area contributed by atoms with Crippen LogP contribution in [0.25, 0.3) is 0 Å². The van der Waals surface area contributed by atoms with E-state index in [-0.39, 0.29) is 5.92 Å². The van der Waals surface area contributed by atoms with Gasteiger partial charge in [-0.2, -0.15) is 0 Å². The van der Waals surface area contributed by atoms with Crippen molar-refractivity contribution in [1.29, 1.82) is 0 Å². The van der Waals surface area contributed by atoms with Crippen LogP contribution in [-0.4, -0.2) is 32.0 Å². The van der Waals surface area contributed by atoms with Crippen LogP contribution in [0.3, 0.4) is 0 Å². The van der Waals surface area contributed by atoms with E-state index < -0.39 is 11.8 Å². The van der Waals surface area contributed by atoms with Gasteiger partial charge in [0.15, 0.2) is 11.5 Å². The molecular weight excluding hydrogens is 306 g/mol. The number of rotatable bonds is 2. The van der Waals surface area contributed by atoms with Gasteiger partial charge in [-0.05, 0) is 38.9 Å². The lowest BCUT2D eigenvalue weighted by molar-refractivity contribution is -0.118. The zero-order chi connectivity index (χ0) is 15.9. The van der Waals surface area contributed by atoms with Crippen LogP contribution in [0.5, 0.6) is 11.5 Å². The fourth-order valence-corrected chi connectivity index (χ4v) is 3.41. The van der Waals surface area contributed by atoms with Crippen LogP contribution >= 0.6 is 11.6 Å². The fraction of sp³-hybridized carbons (Fsp3) is 0.562. The number of ether oxygens (including phenoxy) is 3. The first-order chi connectivity index (χ1) is 10.5. The quantitative estimate of drug-likeness (QED) is 0.847. The minimum Gasteiger partial charge on any atom is -0.465 e. The third kappa shape index (κ3) is 2.42. The molecule has 5 nitrogen and oxygen atoms in total. The van der Waals surface area contributed by atoms with E-state index in [1.807, 2.05) is 13.8 Å². The molecule has 0 amide bonds. The Bertz CT molecular complexity index is 613. The molecular formula is C16H20ClNO4. The number of hydrogen-bond acceptors (Lipinski definition) is 5. The molecule has 0 spiro atoms. The molecule has 2 heterocycles. The van der Waals surface area contributed by atoms with E-state index >= 15 is 0 Å². The van der Waals surface area contributed by atoms with Gasteiger partial charge in [0, 0.05) is 18.4 Å². The molecule has 6 heteroatoms. The molecule has 120 valence electrons. The van der Waals surface area contributed by atoms with E-state index in [0.717, 1.165) is 25.9 Å². The topological polar surface area (TPSA) is 56.8 Å². The van der Waals surface area contributed by atoms with Crippen molar-refractivity contribution < 1.29 is 19.0 Å². The lowest BCUT2D eigenvalue weighted by Crippen LogP contribution is -2.47. The molecule has 0 bridgehead atoms. The normalized spacial score (nSPS) is 24.4. The third-order valence-electron chi connectivity index (χ3n) is 4.53. The molecule has 0 radical (unpaired) electrons. The number of esters is 1. The van der Waals surface area contributed by atoms with Gasteiger partial charge in [0.25, 0.3) is 5.79 Å². The first-order valence-electron chi connectivity index (χ1n) is 7.46. The lowest BCUT2D eigenvalue weighted by atomic mass is 9.90. The van der Waals surface area contributed by atoms with Crippen molar-refractivity contribution in [1.82, 2.24) is 5.32 Å². The number of nitrogens with one attached hydrogen (secondary N) is 1. The monoisotopic (exact) mass is 325 g/mol. The molecule has 2 aliphatic rings. The van der Waals surface area contributed by atoms with Crippen molar-refractivity contribution in [3.8, 4) is 11.5 Å². The zero-order valence-corrected chi connectivity index (χ0v) is 13.8. The minimum atomic E-state index is -0.742. The molecule has 0 aliphatic carbocycles. The smallest absolute Gasteiger partial charge is 0.338 e. The summed E-state index contributed by atoms with van der Waals surface area (Å²) in [7, 11) is 1.35. The Morgan fingerprint density at radius 2 is 2.00 bits per heavy atom. The maximum atomic E-state index is 11.9. The Morgan fingerprint density at radius 1 is 1.36 bits per heavy atom. The van der Waals surface area contributed by atoms with Gasteiger partial charge in [-0.3, -0.25) is 0 Å². The highest BCUT2D eigenvalue weighted by molar-refractivity contribution is 6.32. The average Bonchev–Trinajstić information content (AvgIpc) is 2.91. The number of piperidine rings is 1. The molecule has 1 N–H and O–H groups in total. The van der Waals surface area contributed by atoms with Crippen LogP contribution in [0.4, 0.5) is 0 Å². The van der Waals surface area contributed by atoms with Crippen LogP contribution in [0.2, 0.25) is 5.02 Å². The van der Waals surface area contributed by atoms with Crippen molar-refractivity contribution >= 4 is 17.6 Å². The van der Waals surface area contributed by atoms with E-state index in [1.54, 1.807) is 6.07 Å². The summed E-state index contributed by atoms with van der Waals surface area (Å²) in [5, 5.41) is 3.71. The van der Waals surface area contributed by atoms with Gasteiger partial charge in [0.2, 0.25) is 0 Å². The largest absolute Gasteiger partial charge is 0.465 e. The van der Waals surface area contributed by atoms with Crippen molar-refractivity contribution in [3.63, 3.8) is 0 Å². The zero-order valence-electron chi connectivity index (χ0n) is 13.0. The highest BCUT2D eigenvalue weighted by atomic mass is 35.5. The Morgan fingerprint density at radius 3 is 2.64 bits per heavy atom. The molecule has 0 aromatic heterocycles. The maximum absolute atomic E-state index is 11.9. The van der Waals surface area contributed by atoms with Gasteiger partial charge in [-0.15, -0.1) is 0 Å². The van der Waals surface area contributed by atoms with Gasteiger partial charge < -0.3 is 19.5 Å². The van der Waals surface area contributed by atoms with Gasteiger partial charge in [0.05, 0.1) is 17.7 Å². The fourth-order valence-electron chi connectivity index (χ4n) is 3.18. The molecule has 3 rings (SSSR count). The highest BCUT2D eigenvalue weighted by Gasteiger charge is 2.46. The SMILES string of the molecule is COC(=O)c1cc(Cl)c2c(c1C)O[C@](C)(C1CCNCC1)O2. The number of hydrogen-bond donors (Lipinski definition) is 1. The molecule has 1 atom stereocenters. The molecule has 1 aromatic carbocycles. The molecule has 0 unspecified atom stereocenters. The van der Waals surface area contributed by atoms with E-state index in [9.17, 15) is 4.79 Å². The standard InChI is InChI=1S/C16H20ClNO4/c1-9-11(15(19)20-3)8-12(17)14-13(9)21-16(2,22-14)10-4-6-18-7-5-10/h8,10,18H,4-7H2,1-3H3/t16-/m0/s1. The molecule has 22 heavy (non-hydrogen) atoms. The van der Waals surface area contributed by atoms with Gasteiger partial charge >= 0.3 is 5.97 Å². The second-order valence-electron chi connectivity index (χ2n) is 5.93. The predicted molar refractivity (Wildman–Crippen MR) is 82.8 cm³/mol. The van der Waals surface area contributed by atoms with E-state index in [4.69, 9.17) is 25.8 Å². The van der Waals surface area contributed by atoms with Gasteiger partial charge in [-0.25, -0.2) is 4.79 Å². The van der Waals surface area contributed by atoms with Crippen molar-refractivity contribution in [3.05, 3.63) is 22.2 Å². The lowest BCUT2D eigenvalue weighted by Gasteiger charge is -2.35. The molecule has 1 fully saturated rings. The second-order valence-corrected chi connectivity index (χ2v) is 6.33. The average molecular weight is 326 g/mol. The van der Waals surface area contributed by atoms with Gasteiger partial charge in [-0.1, -0.05) is 11.6 Å². The second kappa shape index (κ2) is 5.63. The Kier molecular flexibility index (Phi) is 3.95. The summed E-state index contributed by atoms with van der Waals surface area (Å²) in [4.78, 5) is 11.9. The van der Waals surface area contributed by atoms with Crippen LogP contribution in [0.1, 0.15) is 35.7 Å². The summed E-state index contributed by atoms with van der Waals surface area (Å²) < 4.78 is 17.0. The third-order valence-corrected chi connectivity index (χ3v) is 4.82. The maximum Gasteiger partial charge on any atom is 0.338 e. The number of fused-ring (bicyclic) bond motifs is 1. The molecule has 1 saturated heterocycles. The first-order valence-corrected chi connectivity index (χ1v) is 7.84. The Hall–Kier alpha value is -1.46.